The molecule has 0 unspecified atom stereocenters. The summed E-state index contributed by atoms with van der Waals surface area (Å²) in [6, 6.07) is 5.85. The van der Waals surface area contributed by atoms with Gasteiger partial charge in [0.15, 0.2) is 0 Å². The number of carbonyl (C=O) groups is 11. The Kier molecular flexibility index (Phi) is 25.3. The number of carboxylic acid groups (broad SMARTS) is 1. The highest BCUT2D eigenvalue weighted by atomic mass is 32.1. The van der Waals surface area contributed by atoms with Gasteiger partial charge in [0.05, 0.1) is 31.2 Å². The summed E-state index contributed by atoms with van der Waals surface area (Å²) in [5, 5.41) is 64.3. The van der Waals surface area contributed by atoms with Crippen molar-refractivity contribution in [1.82, 2.24) is 57.8 Å². The fourth-order valence-electron chi connectivity index (χ4n) is 8.92. The third-order valence-electron chi connectivity index (χ3n) is 13.7. The van der Waals surface area contributed by atoms with Crippen molar-refractivity contribution in [3.8, 4) is 5.75 Å². The third kappa shape index (κ3) is 19.4. The van der Waals surface area contributed by atoms with Crippen LogP contribution in [0.25, 0.3) is 21.8 Å². The highest BCUT2D eigenvalue weighted by Gasteiger charge is 2.37. The first-order chi connectivity index (χ1) is 40.7. The summed E-state index contributed by atoms with van der Waals surface area (Å²) in [6.45, 7) is 4.59. The Bertz CT molecular complexity index is 3250. The number of carbonyl (C=O) groups excluding carboxylic acids is 10. The maximum absolute atomic E-state index is 14.6. The molecule has 30 heteroatoms. The predicted octanol–water partition coefficient (Wildman–Crippen LogP) is -3.06. The van der Waals surface area contributed by atoms with E-state index in [0.717, 1.165) is 13.8 Å². The standard InChI is InChI=1S/C56H73N13O15S2/c1-26(2)45(67-48(75)35(57)24-85)54(81)64-39(18-30-21-59-36-11-7-5-9-33(30)36)49(76)63-38(17-29-13-15-32(72)16-14-29)51(78)68-46(27(3)70)53(80)61-23-44(74)62-41(20-43(58)73)52(79)69-47(28(4)71)55(82)65-40(50(77)66-42(25-86)56(83)84)19-31-22-60-37-12-8-6-10-34(31)37/h5-16,21-22,26-28,35,38-42,45-47,59-60,70-72,85-86H,17-20,23-25,57H2,1-4H3,(H2,58,73)(H,61,80)(H,62,74)(H,63,76)(H,64,81)(H,65,82)(H,66,77)(H,67,75)(H,68,78)(H,69,79)(H,83,84)/t27-,28-,35+,38+,39+,40+,41+,42+,45+,46+,47+/m1/s1. The van der Waals surface area contributed by atoms with Crippen LogP contribution in [0.3, 0.4) is 0 Å². The van der Waals surface area contributed by atoms with Crippen molar-refractivity contribution in [2.75, 3.05) is 18.1 Å². The minimum absolute atomic E-state index is 0.0289. The number of aliphatic hydroxyl groups is 2. The number of benzene rings is 3. The first-order valence-electron chi connectivity index (χ1n) is 27.1. The van der Waals surface area contributed by atoms with Gasteiger partial charge >= 0.3 is 5.97 Å². The number of rotatable bonds is 32. The van der Waals surface area contributed by atoms with E-state index >= 15 is 0 Å². The van der Waals surface area contributed by atoms with Crippen molar-refractivity contribution in [3.63, 3.8) is 0 Å². The molecule has 5 aromatic rings. The van der Waals surface area contributed by atoms with Gasteiger partial charge in [0.1, 0.15) is 54.1 Å². The SMILES string of the molecule is CC(C)[C@H](NC(=O)[C@@H](N)CS)C(=O)N[C@@H](Cc1c[nH]c2ccccc12)C(=O)N[C@@H](Cc1ccc(O)cc1)C(=O)N[C@H](C(=O)NCC(=O)N[C@@H](CC(N)=O)C(=O)N[C@H](C(=O)N[C@@H](Cc1c[nH]c2ccccc12)C(=O)N[C@@H](CS)C(=O)O)[C@@H](C)O)[C@@H](C)O. The number of aromatic hydroxyl groups is 1. The molecule has 5 rings (SSSR count). The molecule has 10 amide bonds. The molecule has 0 aliphatic rings. The molecule has 0 fully saturated rings. The van der Waals surface area contributed by atoms with Gasteiger partial charge in [0.2, 0.25) is 59.1 Å². The summed E-state index contributed by atoms with van der Waals surface area (Å²) < 4.78 is 0. The Hall–Kier alpha value is -8.71. The third-order valence-corrected chi connectivity index (χ3v) is 14.4. The van der Waals surface area contributed by atoms with Gasteiger partial charge in [0, 0.05) is 65.0 Å². The second kappa shape index (κ2) is 32.0. The molecule has 2 heterocycles. The second-order valence-electron chi connectivity index (χ2n) is 20.7. The Labute approximate surface area is 504 Å². The fraction of sp³-hybridized carbons (Fsp3) is 0.411. The van der Waals surface area contributed by atoms with Crippen LogP contribution in [0.15, 0.2) is 85.2 Å². The van der Waals surface area contributed by atoms with Crippen LogP contribution in [0.2, 0.25) is 0 Å². The highest BCUT2D eigenvalue weighted by Crippen LogP contribution is 2.22. The van der Waals surface area contributed by atoms with Gasteiger partial charge in [-0.05, 0) is 60.7 Å². The molecule has 3 aromatic carbocycles. The summed E-state index contributed by atoms with van der Waals surface area (Å²) in [7, 11) is 0. The number of H-pyrrole nitrogens is 2. The summed E-state index contributed by atoms with van der Waals surface area (Å²) in [4.78, 5) is 154. The minimum atomic E-state index is -1.88. The van der Waals surface area contributed by atoms with Crippen LogP contribution < -0.4 is 59.3 Å². The second-order valence-corrected chi connectivity index (χ2v) is 21.5. The molecule has 0 bridgehead atoms. The average Bonchev–Trinajstić information content (AvgIpc) is 2.84. The summed E-state index contributed by atoms with van der Waals surface area (Å²) in [6.07, 6.45) is -1.72. The van der Waals surface area contributed by atoms with Gasteiger partial charge in [-0.3, -0.25) is 47.9 Å². The number of thiol groups is 2. The average molecular weight is 1230 g/mol. The number of para-hydroxylation sites is 2. The Morgan fingerprint density at radius 1 is 0.512 bits per heavy atom. The molecule has 0 radical (unpaired) electrons. The van der Waals surface area contributed by atoms with E-state index in [2.05, 4.69) is 83.1 Å². The largest absolute Gasteiger partial charge is 0.508 e. The summed E-state index contributed by atoms with van der Waals surface area (Å²) in [5.74, 6) is -12.6. The van der Waals surface area contributed by atoms with Crippen LogP contribution in [-0.2, 0) is 72.0 Å². The van der Waals surface area contributed by atoms with Crippen LogP contribution in [0.5, 0.6) is 5.75 Å². The van der Waals surface area contributed by atoms with Crippen molar-refractivity contribution in [2.45, 2.75) is 120 Å². The number of hydrogen-bond donors (Lipinski definition) is 19. The number of aromatic amines is 2. The van der Waals surface area contributed by atoms with Crippen LogP contribution >= 0.6 is 25.3 Å². The van der Waals surface area contributed by atoms with Crippen LogP contribution in [0.4, 0.5) is 0 Å². The van der Waals surface area contributed by atoms with Crippen molar-refractivity contribution in [2.24, 2.45) is 17.4 Å². The smallest absolute Gasteiger partial charge is 0.327 e. The van der Waals surface area contributed by atoms with Crippen LogP contribution in [0.1, 0.15) is 50.8 Å². The number of aliphatic hydroxyl groups excluding tert-OH is 2. The molecule has 28 nitrogen and oxygen atoms in total. The van der Waals surface area contributed by atoms with E-state index in [0.29, 0.717) is 38.5 Å². The quantitative estimate of drug-likeness (QED) is 0.0190. The Morgan fingerprint density at radius 2 is 0.942 bits per heavy atom. The molecule has 0 aliphatic carbocycles. The Morgan fingerprint density at radius 3 is 1.41 bits per heavy atom. The normalized spacial score (nSPS) is 15.1. The molecule has 11 atom stereocenters. The zero-order chi connectivity index (χ0) is 63.5. The lowest BCUT2D eigenvalue weighted by Gasteiger charge is -2.28. The van der Waals surface area contributed by atoms with Gasteiger partial charge in [-0.15, -0.1) is 0 Å². The van der Waals surface area contributed by atoms with E-state index in [1.807, 2.05) is 0 Å². The zero-order valence-corrected chi connectivity index (χ0v) is 49.1. The monoisotopic (exact) mass is 1230 g/mol. The molecule has 0 saturated carbocycles. The highest BCUT2D eigenvalue weighted by molar-refractivity contribution is 7.80. The topological polar surface area (TPSA) is 461 Å². The first kappa shape index (κ1) is 68.1. The number of hydrogen-bond acceptors (Lipinski definition) is 17. The number of primary amides is 1. The van der Waals surface area contributed by atoms with Crippen molar-refractivity contribution < 1.29 is 73.2 Å². The summed E-state index contributed by atoms with van der Waals surface area (Å²) >= 11 is 8.06. The lowest BCUT2D eigenvalue weighted by Crippen LogP contribution is -2.62. The number of amides is 10. The molecule has 464 valence electrons. The van der Waals surface area contributed by atoms with Gasteiger partial charge in [-0.2, -0.15) is 25.3 Å². The van der Waals surface area contributed by atoms with Gasteiger partial charge in [-0.25, -0.2) is 4.79 Å². The van der Waals surface area contributed by atoms with E-state index in [-0.39, 0.29) is 36.5 Å². The van der Waals surface area contributed by atoms with Gasteiger partial charge in [0.25, 0.3) is 0 Å². The van der Waals surface area contributed by atoms with Crippen LogP contribution in [0, 0.1) is 5.92 Å². The number of phenols is 1. The van der Waals surface area contributed by atoms with E-state index in [4.69, 9.17) is 11.5 Å². The minimum Gasteiger partial charge on any atom is -0.508 e. The van der Waals surface area contributed by atoms with E-state index in [9.17, 15) is 73.2 Å². The molecular formula is C56H73N13O15S2. The number of nitrogens with two attached hydrogens (primary N) is 2. The van der Waals surface area contributed by atoms with Gasteiger partial charge < -0.3 is 89.7 Å². The number of aromatic nitrogens is 2. The number of carboxylic acids is 1. The van der Waals surface area contributed by atoms with E-state index in [1.165, 1.54) is 24.3 Å². The fourth-order valence-corrected chi connectivity index (χ4v) is 9.33. The molecule has 86 heavy (non-hydrogen) atoms. The van der Waals surface area contributed by atoms with Crippen molar-refractivity contribution in [3.05, 3.63) is 102 Å². The van der Waals surface area contributed by atoms with Gasteiger partial charge in [-0.1, -0.05) is 62.4 Å². The molecule has 0 aliphatic heterocycles. The molecule has 0 saturated heterocycles. The maximum atomic E-state index is 14.6. The first-order valence-corrected chi connectivity index (χ1v) is 28.4. The molecule has 19 N–H and O–H groups in total. The number of aliphatic carboxylic acids is 1. The number of fused-ring (bicyclic) bond motifs is 2. The lowest BCUT2D eigenvalue weighted by atomic mass is 9.99. The lowest BCUT2D eigenvalue weighted by molar-refractivity contribution is -0.141. The number of phenolic OH excluding ortho intramolecular Hbond substituents is 1. The van der Waals surface area contributed by atoms with E-state index in [1.54, 1.807) is 74.8 Å². The zero-order valence-electron chi connectivity index (χ0n) is 47.3. The Balaban J connectivity index is 1.31. The van der Waals surface area contributed by atoms with Crippen molar-refractivity contribution >= 4 is 112 Å². The van der Waals surface area contributed by atoms with Crippen LogP contribution in [-0.4, -0.2) is 180 Å². The number of nitrogens with one attached hydrogen (secondary N) is 11. The molecule has 0 spiro atoms. The predicted molar refractivity (Wildman–Crippen MR) is 320 cm³/mol. The van der Waals surface area contributed by atoms with Crippen molar-refractivity contribution in [1.29, 1.82) is 0 Å². The maximum Gasteiger partial charge on any atom is 0.327 e. The summed E-state index contributed by atoms with van der Waals surface area (Å²) in [5.41, 5.74) is 14.2. The molecule has 2 aromatic heterocycles. The molecular weight excluding hydrogens is 1160 g/mol. The van der Waals surface area contributed by atoms with E-state index < -0.39 is 151 Å².